The van der Waals surface area contributed by atoms with E-state index in [0.717, 1.165) is 18.3 Å². The van der Waals surface area contributed by atoms with E-state index in [2.05, 4.69) is 33.8 Å². The molecule has 3 fully saturated rings. The minimum absolute atomic E-state index is 0.421. The molecule has 4 aliphatic rings. The van der Waals surface area contributed by atoms with Gasteiger partial charge in [0.05, 0.1) is 12.2 Å². The minimum atomic E-state index is 0.421. The Labute approximate surface area is 98.6 Å². The number of fused-ring (bicyclic) bond motifs is 1. The summed E-state index contributed by atoms with van der Waals surface area (Å²) in [6.07, 6.45) is 5.86. The number of allylic oxidation sites excluding steroid dienone is 2. The van der Waals surface area contributed by atoms with Gasteiger partial charge in [-0.25, -0.2) is 0 Å². The van der Waals surface area contributed by atoms with Crippen LogP contribution in [0, 0.1) is 17.8 Å². The third-order valence-corrected chi connectivity index (χ3v) is 4.70. The molecule has 2 heterocycles. The Balaban J connectivity index is 2.09. The minimum Gasteiger partial charge on any atom is -0.370 e. The van der Waals surface area contributed by atoms with Gasteiger partial charge in [0.1, 0.15) is 0 Å². The molecule has 0 N–H and O–H groups in total. The number of rotatable bonds is 0. The van der Waals surface area contributed by atoms with Crippen molar-refractivity contribution in [2.45, 2.75) is 52.7 Å². The molecule has 0 aromatic rings. The highest BCUT2D eigenvalue weighted by atomic mass is 16.5. The van der Waals surface area contributed by atoms with E-state index in [9.17, 15) is 0 Å². The van der Waals surface area contributed by atoms with Crippen LogP contribution in [-0.2, 0) is 4.74 Å². The molecule has 1 heteroatoms. The van der Waals surface area contributed by atoms with Gasteiger partial charge in [-0.15, -0.1) is 0 Å². The Hall–Kier alpha value is -0.560. The van der Waals surface area contributed by atoms with Crippen LogP contribution in [0.5, 0.6) is 0 Å². The van der Waals surface area contributed by atoms with Gasteiger partial charge in [0.2, 0.25) is 0 Å². The molecule has 88 valence electrons. The van der Waals surface area contributed by atoms with Gasteiger partial charge in [-0.1, -0.05) is 24.1 Å². The maximum atomic E-state index is 6.27. The molecule has 0 aromatic carbocycles. The van der Waals surface area contributed by atoms with E-state index < -0.39 is 0 Å². The maximum Gasteiger partial charge on any atom is 0.0800 e. The fourth-order valence-corrected chi connectivity index (χ4v) is 4.16. The lowest BCUT2D eigenvalue weighted by Gasteiger charge is -2.54. The van der Waals surface area contributed by atoms with Crippen molar-refractivity contribution in [1.82, 2.24) is 0 Å². The number of hydrogen-bond acceptors (Lipinski definition) is 1. The predicted octanol–water partition coefficient (Wildman–Crippen LogP) is 3.71. The van der Waals surface area contributed by atoms with Crippen molar-refractivity contribution in [3.63, 3.8) is 0 Å². The largest absolute Gasteiger partial charge is 0.370 e. The first-order valence-electron chi connectivity index (χ1n) is 6.58. The summed E-state index contributed by atoms with van der Waals surface area (Å²) in [5, 5.41) is 0. The van der Waals surface area contributed by atoms with Crippen molar-refractivity contribution in [3.05, 3.63) is 22.8 Å². The van der Waals surface area contributed by atoms with E-state index in [1.165, 1.54) is 17.6 Å². The molecule has 0 aromatic heterocycles. The van der Waals surface area contributed by atoms with Gasteiger partial charge in [0.15, 0.2) is 0 Å². The van der Waals surface area contributed by atoms with Crippen LogP contribution in [0.3, 0.4) is 0 Å². The summed E-state index contributed by atoms with van der Waals surface area (Å²) in [7, 11) is 0. The fraction of sp³-hybridized carbons (Fsp3) is 0.733. The third kappa shape index (κ3) is 1.34. The second-order valence-corrected chi connectivity index (χ2v) is 6.15. The first kappa shape index (κ1) is 10.6. The van der Waals surface area contributed by atoms with Gasteiger partial charge < -0.3 is 4.74 Å². The second-order valence-electron chi connectivity index (χ2n) is 6.15. The van der Waals surface area contributed by atoms with Crippen LogP contribution in [0.4, 0.5) is 0 Å². The van der Waals surface area contributed by atoms with E-state index >= 15 is 0 Å². The molecule has 16 heavy (non-hydrogen) atoms. The van der Waals surface area contributed by atoms with Crippen LogP contribution in [0.2, 0.25) is 0 Å². The van der Waals surface area contributed by atoms with Crippen molar-refractivity contribution < 1.29 is 4.74 Å². The quantitative estimate of drug-likeness (QED) is 0.563. The van der Waals surface area contributed by atoms with Crippen LogP contribution in [0.1, 0.15) is 40.5 Å². The first-order chi connectivity index (χ1) is 7.58. The lowest BCUT2D eigenvalue weighted by Crippen LogP contribution is -2.53. The maximum absolute atomic E-state index is 6.27. The smallest absolute Gasteiger partial charge is 0.0800 e. The fourth-order valence-electron chi connectivity index (χ4n) is 4.16. The van der Waals surface area contributed by atoms with Crippen LogP contribution in [0.25, 0.3) is 0 Å². The van der Waals surface area contributed by atoms with Gasteiger partial charge in [-0.05, 0) is 51.0 Å². The molecule has 2 aliphatic heterocycles. The lowest BCUT2D eigenvalue weighted by atomic mass is 9.60. The monoisotopic (exact) mass is 218 g/mol. The number of hydrogen-bond donors (Lipinski definition) is 0. The second kappa shape index (κ2) is 3.46. The van der Waals surface area contributed by atoms with Crippen molar-refractivity contribution >= 4 is 0 Å². The van der Waals surface area contributed by atoms with Crippen LogP contribution in [-0.4, -0.2) is 12.2 Å². The molecular formula is C15H22O. The van der Waals surface area contributed by atoms with Crippen molar-refractivity contribution in [2.24, 2.45) is 17.8 Å². The Bertz CT molecular complexity index is 373. The molecule has 1 saturated carbocycles. The summed E-state index contributed by atoms with van der Waals surface area (Å²) in [6.45, 7) is 9.17. The van der Waals surface area contributed by atoms with Crippen LogP contribution in [0.15, 0.2) is 22.8 Å². The zero-order chi connectivity index (χ0) is 11.4. The normalized spacial score (nSPS) is 45.6. The molecule has 4 rings (SSSR count). The zero-order valence-corrected chi connectivity index (χ0v) is 10.8. The third-order valence-electron chi connectivity index (χ3n) is 4.70. The average Bonchev–Trinajstić information content (AvgIpc) is 2.14. The molecule has 4 bridgehead atoms. The highest BCUT2D eigenvalue weighted by molar-refractivity contribution is 5.33. The molecule has 2 saturated heterocycles. The summed E-state index contributed by atoms with van der Waals surface area (Å²) < 4.78 is 6.27. The Kier molecular flexibility index (Phi) is 2.29. The highest BCUT2D eigenvalue weighted by Gasteiger charge is 2.50. The summed E-state index contributed by atoms with van der Waals surface area (Å²) in [6, 6.07) is 0. The Morgan fingerprint density at radius 1 is 1.38 bits per heavy atom. The molecule has 1 nitrogen and oxygen atoms in total. The molecule has 0 amide bonds. The van der Waals surface area contributed by atoms with Gasteiger partial charge in [-0.2, -0.15) is 0 Å². The highest BCUT2D eigenvalue weighted by Crippen LogP contribution is 2.53. The average molecular weight is 218 g/mol. The van der Waals surface area contributed by atoms with Gasteiger partial charge in [0.25, 0.3) is 0 Å². The van der Waals surface area contributed by atoms with Crippen molar-refractivity contribution in [1.29, 1.82) is 0 Å². The predicted molar refractivity (Wildman–Crippen MR) is 66.2 cm³/mol. The lowest BCUT2D eigenvalue weighted by molar-refractivity contribution is -0.137. The molecule has 5 unspecified atom stereocenters. The standard InChI is InChI=1S/C15H22O/c1-8(2)14-11-5-9(3)6-12-15(11)10(4)7-13(14)16-12/h5,10-13,15H,6-7H2,1-4H3. The SMILES string of the molecule is CC1=CC2C(=C(C)C)C3CC(C)C2C(C1)O3. The van der Waals surface area contributed by atoms with Crippen molar-refractivity contribution in [2.75, 3.05) is 0 Å². The van der Waals surface area contributed by atoms with E-state index in [4.69, 9.17) is 4.74 Å². The number of ether oxygens (including phenoxy) is 1. The van der Waals surface area contributed by atoms with E-state index in [-0.39, 0.29) is 0 Å². The molecular weight excluding hydrogens is 196 g/mol. The van der Waals surface area contributed by atoms with Crippen LogP contribution >= 0.6 is 0 Å². The topological polar surface area (TPSA) is 9.23 Å². The summed E-state index contributed by atoms with van der Waals surface area (Å²) in [5.74, 6) is 2.27. The summed E-state index contributed by atoms with van der Waals surface area (Å²) >= 11 is 0. The van der Waals surface area contributed by atoms with Crippen LogP contribution < -0.4 is 0 Å². The summed E-state index contributed by atoms with van der Waals surface area (Å²) in [4.78, 5) is 0. The Morgan fingerprint density at radius 2 is 2.12 bits per heavy atom. The van der Waals surface area contributed by atoms with E-state index in [1.54, 1.807) is 5.57 Å². The summed E-state index contributed by atoms with van der Waals surface area (Å²) in [5.41, 5.74) is 4.60. The molecule has 0 radical (unpaired) electrons. The van der Waals surface area contributed by atoms with E-state index in [1.807, 2.05) is 0 Å². The van der Waals surface area contributed by atoms with Gasteiger partial charge in [-0.3, -0.25) is 0 Å². The molecule has 0 spiro atoms. The molecule has 2 aliphatic carbocycles. The Morgan fingerprint density at radius 3 is 2.81 bits per heavy atom. The van der Waals surface area contributed by atoms with Gasteiger partial charge in [0, 0.05) is 5.92 Å². The first-order valence-corrected chi connectivity index (χ1v) is 6.58. The molecule has 5 atom stereocenters. The van der Waals surface area contributed by atoms with Gasteiger partial charge >= 0.3 is 0 Å². The van der Waals surface area contributed by atoms with E-state index in [0.29, 0.717) is 18.1 Å². The van der Waals surface area contributed by atoms with Crippen molar-refractivity contribution in [3.8, 4) is 0 Å². The zero-order valence-electron chi connectivity index (χ0n) is 10.8.